The summed E-state index contributed by atoms with van der Waals surface area (Å²) in [5.74, 6) is 0.228. The van der Waals surface area contributed by atoms with Crippen LogP contribution in [0.1, 0.15) is 0 Å². The van der Waals surface area contributed by atoms with Crippen molar-refractivity contribution < 1.29 is 25.2 Å². The summed E-state index contributed by atoms with van der Waals surface area (Å²) in [5.41, 5.74) is 1.71. The maximum Gasteiger partial charge on any atom is 3.00 e. The molecule has 0 spiro atoms. The van der Waals surface area contributed by atoms with E-state index in [1.165, 1.54) is 0 Å². The van der Waals surface area contributed by atoms with Gasteiger partial charge in [-0.05, 0) is 12.1 Å². The first kappa shape index (κ1) is 12.0. The number of pyridine rings is 1. The largest absolute Gasteiger partial charge is 3.00 e. The second kappa shape index (κ2) is 4.60. The van der Waals surface area contributed by atoms with Crippen LogP contribution in [0.3, 0.4) is 0 Å². The molecule has 0 aliphatic heterocycles. The quantitative estimate of drug-likeness (QED) is 0.822. The topological polar surface area (TPSA) is 36.4 Å². The summed E-state index contributed by atoms with van der Waals surface area (Å²) >= 11 is 0. The van der Waals surface area contributed by atoms with Gasteiger partial charge in [-0.3, -0.25) is 4.98 Å². The molecule has 0 bridgehead atoms. The standard InChI is InChI=1S/C11H12N2O.Ir/c1-13(2)9-6-7-12-11-8(9)4-3-5-10(11)14;/h3-7,14H,1-2H3;/q;+3. The number of hydrogen-bond acceptors (Lipinski definition) is 3. The Morgan fingerprint density at radius 1 is 1.20 bits per heavy atom. The van der Waals surface area contributed by atoms with Gasteiger partial charge in [0, 0.05) is 31.4 Å². The number of rotatable bonds is 1. The van der Waals surface area contributed by atoms with Gasteiger partial charge in [-0.1, -0.05) is 12.1 Å². The fourth-order valence-corrected chi connectivity index (χ4v) is 1.54. The van der Waals surface area contributed by atoms with Gasteiger partial charge in [-0.2, -0.15) is 0 Å². The number of para-hydroxylation sites is 1. The molecule has 0 radical (unpaired) electrons. The first-order valence-electron chi connectivity index (χ1n) is 4.44. The van der Waals surface area contributed by atoms with Gasteiger partial charge < -0.3 is 10.0 Å². The summed E-state index contributed by atoms with van der Waals surface area (Å²) in [5, 5.41) is 10.6. The predicted molar refractivity (Wildman–Crippen MR) is 57.7 cm³/mol. The molecular weight excluding hydrogens is 368 g/mol. The van der Waals surface area contributed by atoms with Crippen molar-refractivity contribution in [1.82, 2.24) is 4.98 Å². The van der Waals surface area contributed by atoms with Gasteiger partial charge in [0.1, 0.15) is 11.3 Å². The number of nitrogens with zero attached hydrogens (tertiary/aromatic N) is 2. The van der Waals surface area contributed by atoms with E-state index in [0.29, 0.717) is 5.52 Å². The van der Waals surface area contributed by atoms with E-state index < -0.39 is 0 Å². The minimum Gasteiger partial charge on any atom is -0.506 e. The molecule has 0 saturated carbocycles. The molecule has 15 heavy (non-hydrogen) atoms. The average Bonchev–Trinajstić information content (AvgIpc) is 2.17. The summed E-state index contributed by atoms with van der Waals surface area (Å²) in [6.07, 6.45) is 1.71. The predicted octanol–water partition coefficient (Wildman–Crippen LogP) is 2.00. The third-order valence-corrected chi connectivity index (χ3v) is 2.21. The maximum atomic E-state index is 9.60. The molecule has 0 unspecified atom stereocenters. The number of phenolic OH excluding ortho intramolecular Hbond substituents is 1. The molecule has 0 aliphatic carbocycles. The van der Waals surface area contributed by atoms with E-state index in [-0.39, 0.29) is 25.9 Å². The Labute approximate surface area is 102 Å². The fourth-order valence-electron chi connectivity index (χ4n) is 1.54. The molecule has 1 heterocycles. The Morgan fingerprint density at radius 3 is 2.60 bits per heavy atom. The number of fused-ring (bicyclic) bond motifs is 1. The van der Waals surface area contributed by atoms with Gasteiger partial charge in [0.2, 0.25) is 0 Å². The van der Waals surface area contributed by atoms with Crippen LogP contribution in [0.4, 0.5) is 5.69 Å². The Kier molecular flexibility index (Phi) is 3.66. The van der Waals surface area contributed by atoms with Crippen LogP contribution in [0.2, 0.25) is 0 Å². The van der Waals surface area contributed by atoms with Crippen LogP contribution < -0.4 is 4.90 Å². The van der Waals surface area contributed by atoms with Crippen molar-refractivity contribution >= 4 is 16.6 Å². The summed E-state index contributed by atoms with van der Waals surface area (Å²) in [6.45, 7) is 0. The molecule has 4 heteroatoms. The van der Waals surface area contributed by atoms with E-state index in [1.54, 1.807) is 12.3 Å². The number of aromatic hydroxyl groups is 1. The van der Waals surface area contributed by atoms with Gasteiger partial charge in [0.15, 0.2) is 0 Å². The SMILES string of the molecule is CN(C)c1ccnc2c(O)cccc12.[Ir+3]. The third-order valence-electron chi connectivity index (χ3n) is 2.21. The molecule has 0 aliphatic rings. The molecule has 2 rings (SSSR count). The Balaban J connectivity index is 0.00000112. The van der Waals surface area contributed by atoms with Gasteiger partial charge in [0.25, 0.3) is 0 Å². The van der Waals surface area contributed by atoms with E-state index in [4.69, 9.17) is 0 Å². The van der Waals surface area contributed by atoms with E-state index in [2.05, 4.69) is 4.98 Å². The first-order chi connectivity index (χ1) is 6.70. The summed E-state index contributed by atoms with van der Waals surface area (Å²) < 4.78 is 0. The van der Waals surface area contributed by atoms with Gasteiger partial charge in [-0.15, -0.1) is 0 Å². The normalized spacial score (nSPS) is 9.73. The molecule has 1 aromatic heterocycles. The zero-order chi connectivity index (χ0) is 10.1. The molecule has 3 nitrogen and oxygen atoms in total. The average molecular weight is 380 g/mol. The molecule has 0 atom stereocenters. The molecular formula is C11H12IrN2O+3. The Bertz CT molecular complexity index is 471. The summed E-state index contributed by atoms with van der Waals surface area (Å²) in [4.78, 5) is 6.15. The van der Waals surface area contributed by atoms with Crippen molar-refractivity contribution in [3.8, 4) is 5.75 Å². The minimum atomic E-state index is 0. The van der Waals surface area contributed by atoms with Crippen LogP contribution in [-0.4, -0.2) is 24.2 Å². The number of benzene rings is 1. The monoisotopic (exact) mass is 381 g/mol. The maximum absolute atomic E-state index is 9.60. The van der Waals surface area contributed by atoms with Crippen molar-refractivity contribution in [2.45, 2.75) is 0 Å². The number of hydrogen-bond donors (Lipinski definition) is 1. The van der Waals surface area contributed by atoms with Crippen LogP contribution >= 0.6 is 0 Å². The van der Waals surface area contributed by atoms with Gasteiger partial charge in [0.05, 0.1) is 0 Å². The molecule has 1 aromatic carbocycles. The van der Waals surface area contributed by atoms with Crippen LogP contribution in [0.15, 0.2) is 30.5 Å². The Morgan fingerprint density at radius 2 is 1.93 bits per heavy atom. The van der Waals surface area contributed by atoms with E-state index in [0.717, 1.165) is 11.1 Å². The van der Waals surface area contributed by atoms with E-state index in [9.17, 15) is 5.11 Å². The van der Waals surface area contributed by atoms with Crippen molar-refractivity contribution in [3.63, 3.8) is 0 Å². The van der Waals surface area contributed by atoms with Crippen molar-refractivity contribution in [2.24, 2.45) is 0 Å². The molecule has 0 fully saturated rings. The zero-order valence-corrected chi connectivity index (χ0v) is 11.0. The van der Waals surface area contributed by atoms with Crippen molar-refractivity contribution in [2.75, 3.05) is 19.0 Å². The van der Waals surface area contributed by atoms with Crippen molar-refractivity contribution in [3.05, 3.63) is 30.5 Å². The second-order valence-electron chi connectivity index (χ2n) is 3.40. The summed E-state index contributed by atoms with van der Waals surface area (Å²) in [6, 6.07) is 7.36. The fraction of sp³-hybridized carbons (Fsp3) is 0.182. The van der Waals surface area contributed by atoms with Gasteiger partial charge >= 0.3 is 20.1 Å². The first-order valence-corrected chi connectivity index (χ1v) is 4.44. The van der Waals surface area contributed by atoms with Crippen LogP contribution in [0, 0.1) is 0 Å². The number of phenols is 1. The van der Waals surface area contributed by atoms with Gasteiger partial charge in [-0.25, -0.2) is 0 Å². The number of aromatic nitrogens is 1. The molecule has 0 saturated heterocycles. The minimum absolute atomic E-state index is 0. The molecule has 2 aromatic rings. The van der Waals surface area contributed by atoms with Crippen LogP contribution in [-0.2, 0) is 20.1 Å². The number of anilines is 1. The van der Waals surface area contributed by atoms with E-state index in [1.807, 2.05) is 37.2 Å². The third kappa shape index (κ3) is 2.11. The van der Waals surface area contributed by atoms with E-state index >= 15 is 0 Å². The molecule has 1 N–H and O–H groups in total. The zero-order valence-electron chi connectivity index (χ0n) is 8.56. The van der Waals surface area contributed by atoms with Crippen LogP contribution in [0.25, 0.3) is 10.9 Å². The molecule has 0 amide bonds. The summed E-state index contributed by atoms with van der Waals surface area (Å²) in [7, 11) is 3.94. The smallest absolute Gasteiger partial charge is 0.506 e. The molecule has 78 valence electrons. The second-order valence-corrected chi connectivity index (χ2v) is 3.40. The van der Waals surface area contributed by atoms with Crippen LogP contribution in [0.5, 0.6) is 5.75 Å². The Hall–Kier alpha value is -1.12. The van der Waals surface area contributed by atoms with Crippen molar-refractivity contribution in [1.29, 1.82) is 0 Å².